The second kappa shape index (κ2) is 11.6. The number of rotatable bonds is 9. The van der Waals surface area contributed by atoms with E-state index in [0.717, 1.165) is 5.56 Å². The summed E-state index contributed by atoms with van der Waals surface area (Å²) in [4.78, 5) is 0. The molecule has 0 fully saturated rings. The van der Waals surface area contributed by atoms with Crippen LogP contribution in [0.5, 0.6) is 0 Å². The van der Waals surface area contributed by atoms with Crippen molar-refractivity contribution in [2.45, 2.75) is 71.2 Å². The Morgan fingerprint density at radius 1 is 0.833 bits per heavy atom. The van der Waals surface area contributed by atoms with Crippen molar-refractivity contribution < 1.29 is 8.63 Å². The zero-order valence-electron chi connectivity index (χ0n) is 23.2. The van der Waals surface area contributed by atoms with Crippen LogP contribution in [0.2, 0.25) is 5.04 Å². The number of aryl methyl sites for hydroxylation is 1. The number of benzene rings is 3. The lowest BCUT2D eigenvalue weighted by atomic mass is 9.95. The molecule has 3 unspecified atom stereocenters. The highest BCUT2D eigenvalue weighted by atomic mass is 32.2. The summed E-state index contributed by atoms with van der Waals surface area (Å²) in [6.07, 6.45) is 0. The zero-order valence-corrected chi connectivity index (χ0v) is 25.0. The van der Waals surface area contributed by atoms with E-state index in [1.807, 2.05) is 20.8 Å². The van der Waals surface area contributed by atoms with E-state index < -0.39 is 19.3 Å². The molecule has 3 aromatic carbocycles. The summed E-state index contributed by atoms with van der Waals surface area (Å²) in [7, 11) is -3.85. The SMILES string of the molecule is Cc1cccc(C(NS(=O)C(C)(C)C)C(C)CO[Si](c2ccccc2)(c2ccccc2)C(C)(C)C)c1. The van der Waals surface area contributed by atoms with E-state index in [9.17, 15) is 4.21 Å². The van der Waals surface area contributed by atoms with Crippen molar-refractivity contribution in [3.63, 3.8) is 0 Å². The van der Waals surface area contributed by atoms with Gasteiger partial charge in [0.1, 0.15) is 0 Å². The first kappa shape index (κ1) is 28.5. The van der Waals surface area contributed by atoms with Gasteiger partial charge < -0.3 is 4.43 Å². The smallest absolute Gasteiger partial charge is 0.261 e. The molecule has 0 saturated heterocycles. The molecular formula is C31H43NO2SSi. The quantitative estimate of drug-likeness (QED) is 0.336. The maximum atomic E-state index is 13.2. The van der Waals surface area contributed by atoms with Gasteiger partial charge in [0.15, 0.2) is 0 Å². The monoisotopic (exact) mass is 521 g/mol. The Labute approximate surface area is 222 Å². The Balaban J connectivity index is 2.03. The molecule has 3 rings (SSSR count). The third-order valence-corrected chi connectivity index (χ3v) is 13.3. The van der Waals surface area contributed by atoms with Crippen LogP contribution in [0.15, 0.2) is 84.9 Å². The molecule has 0 saturated carbocycles. The maximum absolute atomic E-state index is 13.2. The number of hydrogen-bond acceptors (Lipinski definition) is 2. The van der Waals surface area contributed by atoms with Crippen molar-refractivity contribution in [1.82, 2.24) is 4.72 Å². The maximum Gasteiger partial charge on any atom is 0.261 e. The summed E-state index contributed by atoms with van der Waals surface area (Å²) in [5, 5.41) is 2.46. The van der Waals surface area contributed by atoms with E-state index in [0.29, 0.717) is 6.61 Å². The number of nitrogens with one attached hydrogen (secondary N) is 1. The molecule has 1 N–H and O–H groups in total. The van der Waals surface area contributed by atoms with Gasteiger partial charge in [-0.3, -0.25) is 0 Å². The average molecular weight is 522 g/mol. The Morgan fingerprint density at radius 2 is 1.36 bits per heavy atom. The van der Waals surface area contributed by atoms with Gasteiger partial charge in [-0.15, -0.1) is 0 Å². The standard InChI is InChI=1S/C31H43NO2SSi/c1-24-16-15-17-26(22-24)29(32-35(33)30(3,4)5)25(2)23-34-36(31(6,7)8,27-18-11-9-12-19-27)28-20-13-10-14-21-28/h9-22,25,29,32H,23H2,1-8H3. The van der Waals surface area contributed by atoms with E-state index in [2.05, 4.69) is 124 Å². The lowest BCUT2D eigenvalue weighted by molar-refractivity contribution is 0.220. The molecule has 0 aromatic heterocycles. The van der Waals surface area contributed by atoms with Crippen molar-refractivity contribution in [2.24, 2.45) is 5.92 Å². The fourth-order valence-corrected chi connectivity index (χ4v) is 10.4. The third kappa shape index (κ3) is 6.44. The molecule has 194 valence electrons. The highest BCUT2D eigenvalue weighted by Crippen LogP contribution is 2.38. The van der Waals surface area contributed by atoms with E-state index in [1.165, 1.54) is 15.9 Å². The van der Waals surface area contributed by atoms with Gasteiger partial charge in [0.05, 0.1) is 15.7 Å². The van der Waals surface area contributed by atoms with Gasteiger partial charge in [0.25, 0.3) is 8.32 Å². The van der Waals surface area contributed by atoms with Gasteiger partial charge in [0, 0.05) is 12.6 Å². The molecule has 3 nitrogen and oxygen atoms in total. The van der Waals surface area contributed by atoms with Gasteiger partial charge in [-0.1, -0.05) is 118 Å². The summed E-state index contributed by atoms with van der Waals surface area (Å²) in [5.41, 5.74) is 2.34. The van der Waals surface area contributed by atoms with Crippen LogP contribution in [0.3, 0.4) is 0 Å². The van der Waals surface area contributed by atoms with Gasteiger partial charge in [-0.05, 0) is 54.6 Å². The molecule has 36 heavy (non-hydrogen) atoms. The van der Waals surface area contributed by atoms with Crippen LogP contribution < -0.4 is 15.1 Å². The fraction of sp³-hybridized carbons (Fsp3) is 0.419. The van der Waals surface area contributed by atoms with Gasteiger partial charge in [-0.2, -0.15) is 0 Å². The molecule has 0 aliphatic carbocycles. The summed E-state index contributed by atoms with van der Waals surface area (Å²) < 4.78 is 23.5. The first-order valence-corrected chi connectivity index (χ1v) is 15.9. The van der Waals surface area contributed by atoms with Crippen LogP contribution in [0.25, 0.3) is 0 Å². The third-order valence-electron chi connectivity index (χ3n) is 6.74. The molecule has 3 atom stereocenters. The Hall–Kier alpha value is -2.05. The Bertz CT molecular complexity index is 1100. The van der Waals surface area contributed by atoms with Crippen molar-refractivity contribution in [3.8, 4) is 0 Å². The van der Waals surface area contributed by atoms with Crippen LogP contribution in [0, 0.1) is 12.8 Å². The normalized spacial score (nSPS) is 15.3. The highest BCUT2D eigenvalue weighted by Gasteiger charge is 2.50. The van der Waals surface area contributed by atoms with Crippen molar-refractivity contribution in [3.05, 3.63) is 96.1 Å². The van der Waals surface area contributed by atoms with Gasteiger partial charge in [0.2, 0.25) is 0 Å². The lowest BCUT2D eigenvalue weighted by Crippen LogP contribution is -2.67. The molecule has 0 aliphatic heterocycles. The second-order valence-electron chi connectivity index (χ2n) is 11.8. The van der Waals surface area contributed by atoms with Crippen molar-refractivity contribution in [1.29, 1.82) is 0 Å². The summed E-state index contributed by atoms with van der Waals surface area (Å²) in [5.74, 6) is 0.0970. The first-order valence-electron chi connectivity index (χ1n) is 12.9. The molecular weight excluding hydrogens is 478 g/mol. The van der Waals surface area contributed by atoms with Crippen LogP contribution >= 0.6 is 0 Å². The predicted octanol–water partition coefficient (Wildman–Crippen LogP) is 6.30. The molecule has 0 heterocycles. The van der Waals surface area contributed by atoms with Crippen molar-refractivity contribution >= 4 is 29.7 Å². The summed E-state index contributed by atoms with van der Waals surface area (Å²) >= 11 is 0. The van der Waals surface area contributed by atoms with Crippen molar-refractivity contribution in [2.75, 3.05) is 6.61 Å². The molecule has 0 radical (unpaired) electrons. The molecule has 0 aliphatic rings. The van der Waals surface area contributed by atoms with Gasteiger partial charge >= 0.3 is 0 Å². The van der Waals surface area contributed by atoms with E-state index in [-0.39, 0.29) is 21.7 Å². The minimum Gasteiger partial charge on any atom is -0.407 e. The Morgan fingerprint density at radius 3 is 1.81 bits per heavy atom. The molecule has 3 aromatic rings. The van der Waals surface area contributed by atoms with E-state index >= 15 is 0 Å². The van der Waals surface area contributed by atoms with E-state index in [1.54, 1.807) is 0 Å². The van der Waals surface area contributed by atoms with Crippen LogP contribution in [0.1, 0.15) is 65.6 Å². The number of hydrogen-bond donors (Lipinski definition) is 1. The summed E-state index contributed by atoms with van der Waals surface area (Å²) in [6, 6.07) is 29.9. The highest BCUT2D eigenvalue weighted by molar-refractivity contribution is 7.84. The molecule has 0 amide bonds. The minimum absolute atomic E-state index is 0.0874. The van der Waals surface area contributed by atoms with Crippen LogP contribution in [0.4, 0.5) is 0 Å². The summed E-state index contributed by atoms with van der Waals surface area (Å²) in [6.45, 7) is 17.8. The lowest BCUT2D eigenvalue weighted by Gasteiger charge is -2.44. The average Bonchev–Trinajstić information content (AvgIpc) is 2.82. The van der Waals surface area contributed by atoms with Crippen LogP contribution in [-0.4, -0.2) is 23.9 Å². The molecule has 5 heteroatoms. The Kier molecular flexibility index (Phi) is 9.15. The topological polar surface area (TPSA) is 38.3 Å². The fourth-order valence-electron chi connectivity index (χ4n) is 4.78. The molecule has 0 bridgehead atoms. The largest absolute Gasteiger partial charge is 0.407 e. The van der Waals surface area contributed by atoms with Gasteiger partial charge in [-0.25, -0.2) is 8.93 Å². The zero-order chi connectivity index (χ0) is 26.6. The second-order valence-corrected chi connectivity index (χ2v) is 18.1. The predicted molar refractivity (Wildman–Crippen MR) is 158 cm³/mol. The van der Waals surface area contributed by atoms with E-state index in [4.69, 9.17) is 4.43 Å². The first-order chi connectivity index (χ1) is 16.9. The minimum atomic E-state index is -2.65. The molecule has 0 spiro atoms. The van der Waals surface area contributed by atoms with Crippen LogP contribution in [-0.2, 0) is 15.4 Å².